The third-order valence-corrected chi connectivity index (χ3v) is 4.11. The summed E-state index contributed by atoms with van der Waals surface area (Å²) in [4.78, 5) is 12.7. The minimum atomic E-state index is -0.633. The van der Waals surface area contributed by atoms with Crippen LogP contribution < -0.4 is 5.32 Å². The quantitative estimate of drug-likeness (QED) is 0.870. The fraction of sp³-hybridized carbons (Fsp3) is 0.474. The van der Waals surface area contributed by atoms with Gasteiger partial charge in [0, 0.05) is 30.3 Å². The molecule has 0 radical (unpaired) electrons. The number of aromatic nitrogens is 2. The number of halogens is 1. The van der Waals surface area contributed by atoms with Gasteiger partial charge >= 0.3 is 0 Å². The Morgan fingerprint density at radius 1 is 1.32 bits per heavy atom. The molecular formula is C19H26FN3O2. The molecule has 6 heteroatoms. The highest BCUT2D eigenvalue weighted by atomic mass is 19.1. The number of benzene rings is 1. The number of aliphatic hydroxyl groups is 1. The molecule has 0 aliphatic carbocycles. The third-order valence-electron chi connectivity index (χ3n) is 4.11. The molecule has 136 valence electrons. The van der Waals surface area contributed by atoms with Crippen LogP contribution in [0.1, 0.15) is 50.1 Å². The lowest BCUT2D eigenvalue weighted by Gasteiger charge is -2.19. The zero-order chi connectivity index (χ0) is 18.8. The molecule has 0 aliphatic rings. The van der Waals surface area contributed by atoms with Crippen LogP contribution in [0.2, 0.25) is 0 Å². The summed E-state index contributed by atoms with van der Waals surface area (Å²) in [5, 5.41) is 16.6. The van der Waals surface area contributed by atoms with E-state index in [4.69, 9.17) is 0 Å². The summed E-state index contributed by atoms with van der Waals surface area (Å²) in [6.45, 7) is 9.32. The van der Waals surface area contributed by atoms with Gasteiger partial charge in [0.05, 0.1) is 5.69 Å². The molecule has 2 aromatic rings. The molecule has 0 aliphatic heterocycles. The van der Waals surface area contributed by atoms with E-state index in [2.05, 4.69) is 10.4 Å². The van der Waals surface area contributed by atoms with Crippen molar-refractivity contribution < 1.29 is 14.3 Å². The van der Waals surface area contributed by atoms with Gasteiger partial charge in [0.25, 0.3) is 0 Å². The number of carbonyl (C=O) groups is 1. The van der Waals surface area contributed by atoms with Gasteiger partial charge in [-0.3, -0.25) is 9.48 Å². The monoisotopic (exact) mass is 347 g/mol. The van der Waals surface area contributed by atoms with Crippen molar-refractivity contribution in [3.05, 3.63) is 47.0 Å². The average molecular weight is 347 g/mol. The Balaban J connectivity index is 2.25. The van der Waals surface area contributed by atoms with E-state index in [-0.39, 0.29) is 30.2 Å². The van der Waals surface area contributed by atoms with E-state index >= 15 is 0 Å². The maximum Gasteiger partial charge on any atom is 0.249 e. The number of nitrogens with one attached hydrogen (secondary N) is 1. The number of nitrogens with zero attached hydrogens (tertiary/aromatic N) is 2. The minimum Gasteiger partial charge on any atom is -0.396 e. The fourth-order valence-electron chi connectivity index (χ4n) is 2.66. The molecule has 2 rings (SSSR count). The lowest BCUT2D eigenvalue weighted by molar-refractivity contribution is -0.120. The topological polar surface area (TPSA) is 67.2 Å². The first-order chi connectivity index (χ1) is 11.6. The summed E-state index contributed by atoms with van der Waals surface area (Å²) >= 11 is 0. The summed E-state index contributed by atoms with van der Waals surface area (Å²) < 4.78 is 15.3. The van der Waals surface area contributed by atoms with Crippen LogP contribution in [-0.2, 0) is 10.2 Å². The number of rotatable bonds is 5. The SMILES string of the molecule is Cc1cc(NC(=O)C(CCO)n2ccc(C(C)(C)C)n2)cc(C)c1F. The molecule has 25 heavy (non-hydrogen) atoms. The van der Waals surface area contributed by atoms with Gasteiger partial charge in [-0.25, -0.2) is 4.39 Å². The van der Waals surface area contributed by atoms with Gasteiger partial charge in [0.2, 0.25) is 5.91 Å². The Hall–Kier alpha value is -2.21. The highest BCUT2D eigenvalue weighted by Crippen LogP contribution is 2.23. The maximum atomic E-state index is 13.7. The Bertz CT molecular complexity index is 739. The number of hydrogen-bond acceptors (Lipinski definition) is 3. The van der Waals surface area contributed by atoms with Crippen molar-refractivity contribution in [2.24, 2.45) is 0 Å². The van der Waals surface area contributed by atoms with Crippen LogP contribution in [-0.4, -0.2) is 27.4 Å². The molecular weight excluding hydrogens is 321 g/mol. The van der Waals surface area contributed by atoms with Crippen LogP contribution in [0.4, 0.5) is 10.1 Å². The third kappa shape index (κ3) is 4.45. The van der Waals surface area contributed by atoms with Crippen LogP contribution in [0, 0.1) is 19.7 Å². The predicted octanol–water partition coefficient (Wildman–Crippen LogP) is 3.50. The standard InChI is InChI=1S/C19H26FN3O2/c1-12-10-14(11-13(2)17(12)20)21-18(25)15(7-9-24)23-8-6-16(22-23)19(3,4)5/h6,8,10-11,15,24H,7,9H2,1-5H3,(H,21,25). The van der Waals surface area contributed by atoms with E-state index in [1.165, 1.54) is 0 Å². The zero-order valence-electron chi connectivity index (χ0n) is 15.4. The van der Waals surface area contributed by atoms with E-state index in [0.29, 0.717) is 16.8 Å². The van der Waals surface area contributed by atoms with E-state index in [1.807, 2.05) is 26.8 Å². The number of aryl methyl sites for hydroxylation is 2. The molecule has 1 amide bonds. The second kappa shape index (κ2) is 7.35. The lowest BCUT2D eigenvalue weighted by Crippen LogP contribution is -2.28. The predicted molar refractivity (Wildman–Crippen MR) is 96.2 cm³/mol. The summed E-state index contributed by atoms with van der Waals surface area (Å²) in [6, 6.07) is 4.44. The fourth-order valence-corrected chi connectivity index (χ4v) is 2.66. The molecule has 0 bridgehead atoms. The summed E-state index contributed by atoms with van der Waals surface area (Å²) in [6.07, 6.45) is 2.00. The normalized spacial score (nSPS) is 12.9. The molecule has 1 atom stereocenters. The second-order valence-corrected chi connectivity index (χ2v) is 7.37. The van der Waals surface area contributed by atoms with E-state index < -0.39 is 6.04 Å². The number of anilines is 1. The molecule has 0 saturated carbocycles. The molecule has 1 unspecified atom stereocenters. The molecule has 2 N–H and O–H groups in total. The smallest absolute Gasteiger partial charge is 0.249 e. The van der Waals surface area contributed by atoms with Crippen molar-refractivity contribution in [1.29, 1.82) is 0 Å². The average Bonchev–Trinajstić information content (AvgIpc) is 2.99. The van der Waals surface area contributed by atoms with Gasteiger partial charge in [-0.05, 0) is 43.2 Å². The van der Waals surface area contributed by atoms with Crippen LogP contribution in [0.15, 0.2) is 24.4 Å². The van der Waals surface area contributed by atoms with Gasteiger partial charge in [-0.1, -0.05) is 20.8 Å². The Labute approximate surface area is 147 Å². The van der Waals surface area contributed by atoms with Gasteiger partial charge in [0.15, 0.2) is 0 Å². The number of aliphatic hydroxyl groups excluding tert-OH is 1. The Kier molecular flexibility index (Phi) is 5.62. The van der Waals surface area contributed by atoms with E-state index in [0.717, 1.165) is 5.69 Å². The van der Waals surface area contributed by atoms with Gasteiger partial charge in [-0.2, -0.15) is 5.10 Å². The van der Waals surface area contributed by atoms with Crippen molar-refractivity contribution in [1.82, 2.24) is 9.78 Å². The Morgan fingerprint density at radius 2 is 1.92 bits per heavy atom. The van der Waals surface area contributed by atoms with Crippen molar-refractivity contribution >= 4 is 11.6 Å². The Morgan fingerprint density at radius 3 is 2.40 bits per heavy atom. The first-order valence-corrected chi connectivity index (χ1v) is 8.37. The van der Waals surface area contributed by atoms with Crippen LogP contribution >= 0.6 is 0 Å². The number of amides is 1. The first-order valence-electron chi connectivity index (χ1n) is 8.37. The van der Waals surface area contributed by atoms with Crippen LogP contribution in [0.5, 0.6) is 0 Å². The molecule has 0 fully saturated rings. The van der Waals surface area contributed by atoms with Gasteiger partial charge in [-0.15, -0.1) is 0 Å². The van der Waals surface area contributed by atoms with Crippen molar-refractivity contribution in [2.75, 3.05) is 11.9 Å². The molecule has 0 saturated heterocycles. The molecule has 1 aromatic heterocycles. The number of carbonyl (C=O) groups excluding carboxylic acids is 1. The zero-order valence-corrected chi connectivity index (χ0v) is 15.4. The van der Waals surface area contributed by atoms with E-state index in [1.54, 1.807) is 36.9 Å². The minimum absolute atomic E-state index is 0.128. The molecule has 5 nitrogen and oxygen atoms in total. The largest absolute Gasteiger partial charge is 0.396 e. The molecule has 1 heterocycles. The first kappa shape index (κ1) is 19.1. The van der Waals surface area contributed by atoms with Gasteiger partial charge < -0.3 is 10.4 Å². The summed E-state index contributed by atoms with van der Waals surface area (Å²) in [7, 11) is 0. The summed E-state index contributed by atoms with van der Waals surface area (Å²) in [5.74, 6) is -0.560. The van der Waals surface area contributed by atoms with Crippen molar-refractivity contribution in [2.45, 2.75) is 52.5 Å². The van der Waals surface area contributed by atoms with Crippen LogP contribution in [0.3, 0.4) is 0 Å². The van der Waals surface area contributed by atoms with Gasteiger partial charge in [0.1, 0.15) is 11.9 Å². The highest BCUT2D eigenvalue weighted by Gasteiger charge is 2.24. The lowest BCUT2D eigenvalue weighted by atomic mass is 9.93. The van der Waals surface area contributed by atoms with E-state index in [9.17, 15) is 14.3 Å². The second-order valence-electron chi connectivity index (χ2n) is 7.37. The highest BCUT2D eigenvalue weighted by molar-refractivity contribution is 5.93. The van der Waals surface area contributed by atoms with Crippen molar-refractivity contribution in [3.8, 4) is 0 Å². The summed E-state index contributed by atoms with van der Waals surface area (Å²) in [5.41, 5.74) is 2.23. The number of hydrogen-bond donors (Lipinski definition) is 2. The van der Waals surface area contributed by atoms with Crippen LogP contribution in [0.25, 0.3) is 0 Å². The molecule has 1 aromatic carbocycles. The van der Waals surface area contributed by atoms with Crippen molar-refractivity contribution in [3.63, 3.8) is 0 Å². The maximum absolute atomic E-state index is 13.7. The molecule has 0 spiro atoms.